The SMILES string of the molecule is CCOC(=O)C1CCC(C)CC1C(=O)OCCO. The molecule has 0 heterocycles. The van der Waals surface area contributed by atoms with Crippen molar-refractivity contribution in [2.75, 3.05) is 19.8 Å². The maximum Gasteiger partial charge on any atom is 0.309 e. The van der Waals surface area contributed by atoms with Gasteiger partial charge in [-0.05, 0) is 32.1 Å². The molecule has 1 aliphatic carbocycles. The summed E-state index contributed by atoms with van der Waals surface area (Å²) in [5, 5.41) is 8.66. The minimum atomic E-state index is -0.431. The van der Waals surface area contributed by atoms with Crippen molar-refractivity contribution in [1.82, 2.24) is 0 Å². The van der Waals surface area contributed by atoms with Gasteiger partial charge in [-0.1, -0.05) is 6.92 Å². The third kappa shape index (κ3) is 3.98. The molecule has 0 aromatic rings. The molecule has 0 amide bonds. The molecule has 3 unspecified atom stereocenters. The first-order chi connectivity index (χ1) is 8.60. The molecule has 5 nitrogen and oxygen atoms in total. The molecule has 0 aliphatic heterocycles. The van der Waals surface area contributed by atoms with Gasteiger partial charge in [-0.25, -0.2) is 0 Å². The summed E-state index contributed by atoms with van der Waals surface area (Å²) in [7, 11) is 0. The number of aliphatic hydroxyl groups excluding tert-OH is 1. The molecular weight excluding hydrogens is 236 g/mol. The molecule has 1 saturated carbocycles. The Morgan fingerprint density at radius 1 is 1.17 bits per heavy atom. The molecule has 1 rings (SSSR count). The summed E-state index contributed by atoms with van der Waals surface area (Å²) in [6.45, 7) is 3.93. The number of carbonyl (C=O) groups is 2. The van der Waals surface area contributed by atoms with Crippen LogP contribution in [0.3, 0.4) is 0 Å². The topological polar surface area (TPSA) is 72.8 Å². The zero-order valence-electron chi connectivity index (χ0n) is 11.1. The molecule has 0 saturated heterocycles. The number of rotatable bonds is 5. The van der Waals surface area contributed by atoms with Crippen LogP contribution >= 0.6 is 0 Å². The first kappa shape index (κ1) is 15.0. The summed E-state index contributed by atoms with van der Waals surface area (Å²) in [4.78, 5) is 23.7. The van der Waals surface area contributed by atoms with Crippen molar-refractivity contribution < 1.29 is 24.2 Å². The van der Waals surface area contributed by atoms with Crippen molar-refractivity contribution >= 4 is 11.9 Å². The summed E-state index contributed by atoms with van der Waals surface area (Å²) < 4.78 is 9.95. The molecule has 0 bridgehead atoms. The lowest BCUT2D eigenvalue weighted by molar-refractivity contribution is -0.164. The zero-order valence-corrected chi connectivity index (χ0v) is 11.1. The van der Waals surface area contributed by atoms with Gasteiger partial charge in [0, 0.05) is 0 Å². The maximum atomic E-state index is 11.9. The maximum absolute atomic E-state index is 11.9. The highest BCUT2D eigenvalue weighted by Crippen LogP contribution is 2.35. The Morgan fingerprint density at radius 3 is 2.44 bits per heavy atom. The van der Waals surface area contributed by atoms with E-state index in [2.05, 4.69) is 6.92 Å². The normalized spacial score (nSPS) is 27.6. The van der Waals surface area contributed by atoms with Crippen LogP contribution in [0.1, 0.15) is 33.1 Å². The van der Waals surface area contributed by atoms with E-state index in [1.54, 1.807) is 6.92 Å². The van der Waals surface area contributed by atoms with Crippen molar-refractivity contribution in [3.05, 3.63) is 0 Å². The molecule has 1 N–H and O–H groups in total. The number of hydrogen-bond donors (Lipinski definition) is 1. The minimum Gasteiger partial charge on any atom is -0.466 e. The highest BCUT2D eigenvalue weighted by atomic mass is 16.5. The van der Waals surface area contributed by atoms with Crippen molar-refractivity contribution in [2.45, 2.75) is 33.1 Å². The van der Waals surface area contributed by atoms with Crippen LogP contribution in [0.5, 0.6) is 0 Å². The van der Waals surface area contributed by atoms with E-state index in [0.29, 0.717) is 25.4 Å². The minimum absolute atomic E-state index is 0.0146. The molecular formula is C13H22O5. The van der Waals surface area contributed by atoms with Gasteiger partial charge in [-0.2, -0.15) is 0 Å². The summed E-state index contributed by atoms with van der Waals surface area (Å²) in [5.41, 5.74) is 0. The molecule has 104 valence electrons. The van der Waals surface area contributed by atoms with Crippen molar-refractivity contribution in [2.24, 2.45) is 17.8 Å². The lowest BCUT2D eigenvalue weighted by Gasteiger charge is -2.31. The van der Waals surface area contributed by atoms with Crippen molar-refractivity contribution in [1.29, 1.82) is 0 Å². The quantitative estimate of drug-likeness (QED) is 0.748. The average Bonchev–Trinajstić information content (AvgIpc) is 2.36. The van der Waals surface area contributed by atoms with Crippen molar-refractivity contribution in [3.8, 4) is 0 Å². The fourth-order valence-electron chi connectivity index (χ4n) is 2.43. The van der Waals surface area contributed by atoms with Crippen molar-refractivity contribution in [3.63, 3.8) is 0 Å². The van der Waals surface area contributed by atoms with Gasteiger partial charge >= 0.3 is 11.9 Å². The molecule has 1 fully saturated rings. The Balaban J connectivity index is 2.67. The zero-order chi connectivity index (χ0) is 13.5. The van der Waals surface area contributed by atoms with E-state index >= 15 is 0 Å². The second-order valence-corrected chi connectivity index (χ2v) is 4.77. The fraction of sp³-hybridized carbons (Fsp3) is 0.846. The van der Waals surface area contributed by atoms with Gasteiger partial charge < -0.3 is 14.6 Å². The Bertz CT molecular complexity index is 289. The predicted octanol–water partition coefficient (Wildman–Crippen LogP) is 1.14. The smallest absolute Gasteiger partial charge is 0.309 e. The standard InChI is InChI=1S/C13H22O5/c1-3-17-12(15)10-5-4-9(2)8-11(10)13(16)18-7-6-14/h9-11,14H,3-8H2,1-2H3. The molecule has 3 atom stereocenters. The summed E-state index contributed by atoms with van der Waals surface area (Å²) in [6.07, 6.45) is 2.24. The van der Waals surface area contributed by atoms with Gasteiger partial charge in [0.1, 0.15) is 6.61 Å². The first-order valence-electron chi connectivity index (χ1n) is 6.54. The third-order valence-electron chi connectivity index (χ3n) is 3.34. The fourth-order valence-corrected chi connectivity index (χ4v) is 2.43. The Hall–Kier alpha value is -1.10. The second-order valence-electron chi connectivity index (χ2n) is 4.77. The molecule has 0 radical (unpaired) electrons. The van der Waals surface area contributed by atoms with Gasteiger partial charge in [0.2, 0.25) is 0 Å². The lowest BCUT2D eigenvalue weighted by Crippen LogP contribution is -2.37. The van der Waals surface area contributed by atoms with Gasteiger partial charge in [0.05, 0.1) is 25.0 Å². The number of hydrogen-bond acceptors (Lipinski definition) is 5. The van der Waals surface area contributed by atoms with Crippen LogP contribution in [0.4, 0.5) is 0 Å². The number of carbonyl (C=O) groups excluding carboxylic acids is 2. The van der Waals surface area contributed by atoms with Gasteiger partial charge in [0.15, 0.2) is 0 Å². The highest BCUT2D eigenvalue weighted by Gasteiger charge is 2.39. The molecule has 0 aromatic carbocycles. The van der Waals surface area contributed by atoms with Crippen LogP contribution in [0, 0.1) is 17.8 Å². The number of ether oxygens (including phenoxy) is 2. The number of aliphatic hydroxyl groups is 1. The average molecular weight is 258 g/mol. The molecule has 5 heteroatoms. The van der Waals surface area contributed by atoms with E-state index in [1.807, 2.05) is 0 Å². The van der Waals surface area contributed by atoms with Gasteiger partial charge in [0.25, 0.3) is 0 Å². The first-order valence-corrected chi connectivity index (χ1v) is 6.54. The summed E-state index contributed by atoms with van der Waals surface area (Å²) in [6, 6.07) is 0. The Morgan fingerprint density at radius 2 is 1.83 bits per heavy atom. The molecule has 1 aliphatic rings. The van der Waals surface area contributed by atoms with E-state index in [1.165, 1.54) is 0 Å². The predicted molar refractivity (Wildman–Crippen MR) is 64.7 cm³/mol. The van der Waals surface area contributed by atoms with Gasteiger partial charge in [-0.3, -0.25) is 9.59 Å². The molecule has 0 spiro atoms. The largest absolute Gasteiger partial charge is 0.466 e. The van der Waals surface area contributed by atoms with E-state index in [-0.39, 0.29) is 19.2 Å². The van der Waals surface area contributed by atoms with Gasteiger partial charge in [-0.15, -0.1) is 0 Å². The van der Waals surface area contributed by atoms with E-state index in [0.717, 1.165) is 6.42 Å². The molecule has 18 heavy (non-hydrogen) atoms. The molecule has 0 aromatic heterocycles. The third-order valence-corrected chi connectivity index (χ3v) is 3.34. The second kappa shape index (κ2) is 7.36. The summed E-state index contributed by atoms with van der Waals surface area (Å²) in [5.74, 6) is -1.13. The van der Waals surface area contributed by atoms with E-state index in [4.69, 9.17) is 14.6 Å². The van der Waals surface area contributed by atoms with Crippen LogP contribution in [0.2, 0.25) is 0 Å². The van der Waals surface area contributed by atoms with Crippen LogP contribution < -0.4 is 0 Å². The summed E-state index contributed by atoms with van der Waals surface area (Å²) >= 11 is 0. The van der Waals surface area contributed by atoms with Crippen LogP contribution in [0.25, 0.3) is 0 Å². The van der Waals surface area contributed by atoms with E-state index < -0.39 is 17.8 Å². The highest BCUT2D eigenvalue weighted by molar-refractivity contribution is 5.82. The van der Waals surface area contributed by atoms with Crippen LogP contribution in [-0.2, 0) is 19.1 Å². The van der Waals surface area contributed by atoms with E-state index in [9.17, 15) is 9.59 Å². The Labute approximate surface area is 107 Å². The van der Waals surface area contributed by atoms with Crippen LogP contribution in [0.15, 0.2) is 0 Å². The van der Waals surface area contributed by atoms with Crippen LogP contribution in [-0.4, -0.2) is 36.9 Å². The monoisotopic (exact) mass is 258 g/mol. The number of esters is 2. The lowest BCUT2D eigenvalue weighted by atomic mass is 9.74. The Kier molecular flexibility index (Phi) is 6.12.